The number of epoxide rings is 1. The molecule has 2 aliphatic rings. The van der Waals surface area contributed by atoms with E-state index in [2.05, 4.69) is 142 Å². The van der Waals surface area contributed by atoms with Crippen LogP contribution in [0.4, 0.5) is 0 Å². The molecule has 2 aromatic rings. The second-order valence-corrected chi connectivity index (χ2v) is 60.5. The zero-order valence-electron chi connectivity index (χ0n) is 48.7. The van der Waals surface area contributed by atoms with Gasteiger partial charge in [-0.05, 0) is 146 Å². The highest BCUT2D eigenvalue weighted by Gasteiger charge is 2.52. The third-order valence-electron chi connectivity index (χ3n) is 11.8. The summed E-state index contributed by atoms with van der Waals surface area (Å²) in [4.78, 5) is 0. The summed E-state index contributed by atoms with van der Waals surface area (Å²) < 4.78 is 86.2. The maximum atomic E-state index is 7.08. The Hall–Kier alpha value is -0.0374. The van der Waals surface area contributed by atoms with E-state index in [0.29, 0.717) is 25.4 Å². The Kier molecular flexibility index (Phi) is 30.5. The van der Waals surface area contributed by atoms with Gasteiger partial charge in [-0.1, -0.05) is 78.5 Å². The fourth-order valence-electron chi connectivity index (χ4n) is 8.46. The molecule has 0 bridgehead atoms. The van der Waals surface area contributed by atoms with Gasteiger partial charge in [0.05, 0.1) is 13.2 Å². The van der Waals surface area contributed by atoms with E-state index in [-0.39, 0.29) is 0 Å². The van der Waals surface area contributed by atoms with Gasteiger partial charge in [0.2, 0.25) is 8.32 Å². The highest BCUT2D eigenvalue weighted by Crippen LogP contribution is 2.32. The summed E-state index contributed by atoms with van der Waals surface area (Å²) in [6.07, 6.45) is 3.48. The van der Waals surface area contributed by atoms with E-state index in [1.807, 2.05) is 47.8 Å². The van der Waals surface area contributed by atoms with Crippen molar-refractivity contribution in [2.24, 2.45) is 0 Å². The van der Waals surface area contributed by atoms with E-state index in [1.165, 1.54) is 6.42 Å². The molecule has 2 aromatic carbocycles. The minimum atomic E-state index is -3.04. The smallest absolute Gasteiger partial charge is 0.442 e. The van der Waals surface area contributed by atoms with Crippen LogP contribution in [0.2, 0.25) is 129 Å². The zero-order valence-corrected chi connectivity index (χ0v) is 61.3. The summed E-state index contributed by atoms with van der Waals surface area (Å²) in [5.74, 6) is 0. The first kappa shape index (κ1) is 69.1. The second-order valence-electron chi connectivity index (χ2n) is 21.7. The molecular formula is C47H100O14Si12. The largest absolute Gasteiger partial charge is 0.500 e. The van der Waals surface area contributed by atoms with Crippen molar-refractivity contribution < 1.29 is 60.1 Å². The van der Waals surface area contributed by atoms with E-state index in [9.17, 15) is 0 Å². The maximum Gasteiger partial charge on any atom is 0.500 e. The molecule has 4 rings (SSSR count). The van der Waals surface area contributed by atoms with Crippen molar-refractivity contribution in [2.45, 2.75) is 154 Å². The van der Waals surface area contributed by atoms with Gasteiger partial charge >= 0.3 is 51.6 Å². The molecule has 73 heavy (non-hydrogen) atoms. The van der Waals surface area contributed by atoms with Gasteiger partial charge in [-0.2, -0.15) is 0 Å². The molecule has 0 aliphatic carbocycles. The van der Waals surface area contributed by atoms with Crippen LogP contribution in [0.15, 0.2) is 85.2 Å². The van der Waals surface area contributed by atoms with Gasteiger partial charge in [0.25, 0.3) is 9.28 Å². The Morgan fingerprint density at radius 2 is 1.23 bits per heavy atom. The first-order valence-electron chi connectivity index (χ1n) is 26.3. The third kappa shape index (κ3) is 27.1. The standard InChI is InChI=1S/C22H34O3Si4.C18H42O8Si4.C7H24O3Si4/c1-9-26(3,4)23-28(7,8)25-29(24-27(5,6)10-2,21-17-13-11-14-18-21)22-19-15-12-16-20-22;1-19-30(20-2,21-3)15-14-29(6)25-27(4)12-8-7-11-24-28(5,26-29)13-9-10-22-16-18-17-23-18;1-11(2)8-13(5)10-14(6,7)9-12(3)4/h9-20H,1-2H2,3-8H3;18,27H,7-17H2,1-6H3;11-13H,1-7H3. The van der Waals surface area contributed by atoms with Crippen molar-refractivity contribution in [3.8, 4) is 0 Å². The van der Waals surface area contributed by atoms with Gasteiger partial charge < -0.3 is 60.1 Å². The second kappa shape index (κ2) is 32.3. The molecule has 5 unspecified atom stereocenters. The summed E-state index contributed by atoms with van der Waals surface area (Å²) in [6.45, 7) is 45.6. The highest BCUT2D eigenvalue weighted by molar-refractivity contribution is 7.03. The van der Waals surface area contributed by atoms with Crippen LogP contribution >= 0.6 is 0 Å². The molecule has 0 amide bonds. The predicted octanol–water partition coefficient (Wildman–Crippen LogP) is 9.42. The van der Waals surface area contributed by atoms with Crippen LogP contribution < -0.4 is 10.4 Å². The summed E-state index contributed by atoms with van der Waals surface area (Å²) in [7, 11) is -18.9. The quantitative estimate of drug-likeness (QED) is 0.0455. The predicted molar refractivity (Wildman–Crippen MR) is 330 cm³/mol. The van der Waals surface area contributed by atoms with Crippen LogP contribution in [0.1, 0.15) is 19.3 Å². The fraction of sp³-hybridized carbons (Fsp3) is 0.660. The number of benzene rings is 2. The van der Waals surface area contributed by atoms with Crippen molar-refractivity contribution in [3.05, 3.63) is 85.2 Å². The molecule has 14 nitrogen and oxygen atoms in total. The summed E-state index contributed by atoms with van der Waals surface area (Å²) in [6, 6.07) is 24.3. The molecule has 2 aliphatic heterocycles. The molecule has 0 aromatic heterocycles. The topological polar surface area (TPSA) is 133 Å². The van der Waals surface area contributed by atoms with E-state index < -0.39 is 105 Å². The molecule has 2 heterocycles. The molecule has 26 heteroatoms. The van der Waals surface area contributed by atoms with Crippen molar-refractivity contribution in [2.75, 3.05) is 47.8 Å². The average molecular weight is 1230 g/mol. The van der Waals surface area contributed by atoms with Gasteiger partial charge in [-0.15, -0.1) is 13.2 Å². The van der Waals surface area contributed by atoms with E-state index in [0.717, 1.165) is 54.6 Å². The summed E-state index contributed by atoms with van der Waals surface area (Å²) in [5, 5.41) is 2.19. The lowest BCUT2D eigenvalue weighted by molar-refractivity contribution is 0.114. The van der Waals surface area contributed by atoms with Gasteiger partial charge in [-0.3, -0.25) is 0 Å². The van der Waals surface area contributed by atoms with E-state index >= 15 is 0 Å². The molecule has 2 saturated heterocycles. The van der Waals surface area contributed by atoms with Crippen LogP contribution in [-0.4, -0.2) is 159 Å². The van der Waals surface area contributed by atoms with Crippen molar-refractivity contribution >= 4 is 115 Å². The number of hydrogen-bond acceptors (Lipinski definition) is 14. The highest BCUT2D eigenvalue weighted by atomic mass is 28.5. The molecule has 0 N–H and O–H groups in total. The summed E-state index contributed by atoms with van der Waals surface area (Å²) >= 11 is 0. The van der Waals surface area contributed by atoms with Gasteiger partial charge in [0.15, 0.2) is 35.4 Å². The maximum absolute atomic E-state index is 7.08. The Balaban J connectivity index is 0.000000400. The van der Waals surface area contributed by atoms with Crippen LogP contribution in [0, 0.1) is 0 Å². The number of ether oxygens (including phenoxy) is 2. The molecule has 420 valence electrons. The molecular weight excluding hydrogens is 1130 g/mol. The van der Waals surface area contributed by atoms with Crippen LogP contribution in [-0.2, 0) is 60.1 Å². The van der Waals surface area contributed by atoms with Crippen LogP contribution in [0.25, 0.3) is 0 Å². The first-order valence-corrected chi connectivity index (χ1v) is 56.8. The lowest BCUT2D eigenvalue weighted by Gasteiger charge is -2.43. The third-order valence-corrected chi connectivity index (χ3v) is 52.6. The lowest BCUT2D eigenvalue weighted by atomic mass is 10.4. The minimum Gasteiger partial charge on any atom is -0.442 e. The van der Waals surface area contributed by atoms with Gasteiger partial charge in [0, 0.05) is 40.6 Å². The SMILES string of the molecule is C=C[Si](C)(C)O[Si](C)(C)O[Si](O[Si](C)(C)C=C)(c1ccccc1)c1ccccc1.CO[Si](CC[Si]1(C)O[SiH](C)CCCCO[Si](C)(CCCOCC2CO2)O1)(OC)OC.C[SiH](C)O[SiH](C)O[Si](C)(C)O[SiH](C)C. The first-order chi connectivity index (χ1) is 34.0. The minimum absolute atomic E-state index is 0.307. The Bertz CT molecular complexity index is 1800. The average Bonchev–Trinajstić information content (AvgIpc) is 4.13. The van der Waals surface area contributed by atoms with E-state index in [4.69, 9.17) is 60.1 Å². The Morgan fingerprint density at radius 3 is 1.71 bits per heavy atom. The van der Waals surface area contributed by atoms with Crippen LogP contribution in [0.3, 0.4) is 0 Å². The summed E-state index contributed by atoms with van der Waals surface area (Å²) in [5.41, 5.74) is 3.94. The zero-order chi connectivity index (χ0) is 55.2. The van der Waals surface area contributed by atoms with Gasteiger partial charge in [-0.25, -0.2) is 0 Å². The molecule has 0 spiro atoms. The Morgan fingerprint density at radius 1 is 0.699 bits per heavy atom. The molecule has 0 saturated carbocycles. The van der Waals surface area contributed by atoms with E-state index in [1.54, 1.807) is 21.3 Å². The monoisotopic (exact) mass is 1220 g/mol. The molecule has 0 radical (unpaired) electrons. The van der Waals surface area contributed by atoms with Crippen molar-refractivity contribution in [3.63, 3.8) is 0 Å². The van der Waals surface area contributed by atoms with Crippen LogP contribution in [0.5, 0.6) is 0 Å². The number of rotatable bonds is 28. The number of hydrogen-bond donors (Lipinski definition) is 0. The molecule has 5 atom stereocenters. The fourth-order valence-corrected chi connectivity index (χ4v) is 52.9. The lowest BCUT2D eigenvalue weighted by Crippen LogP contribution is -2.71. The van der Waals surface area contributed by atoms with Crippen molar-refractivity contribution in [1.29, 1.82) is 0 Å². The Labute approximate surface area is 459 Å². The van der Waals surface area contributed by atoms with Crippen molar-refractivity contribution in [1.82, 2.24) is 0 Å². The molecule has 2 fully saturated rings. The van der Waals surface area contributed by atoms with Gasteiger partial charge in [0.1, 0.15) is 6.10 Å². The normalized spacial score (nSPS) is 21.9.